The Morgan fingerprint density at radius 1 is 1.59 bits per heavy atom. The first-order chi connectivity index (χ1) is 8.13. The van der Waals surface area contributed by atoms with Crippen LogP contribution >= 0.6 is 0 Å². The molecular formula is C11H20N4O2. The number of amides is 2. The highest BCUT2D eigenvalue weighted by atomic mass is 16.5. The van der Waals surface area contributed by atoms with Crippen molar-refractivity contribution in [1.29, 1.82) is 0 Å². The molecule has 0 aliphatic rings. The van der Waals surface area contributed by atoms with Crippen LogP contribution in [0.1, 0.15) is 19.0 Å². The lowest BCUT2D eigenvalue weighted by Crippen LogP contribution is -2.30. The van der Waals surface area contributed by atoms with Gasteiger partial charge in [-0.1, -0.05) is 0 Å². The van der Waals surface area contributed by atoms with Crippen molar-refractivity contribution in [2.24, 2.45) is 7.05 Å². The summed E-state index contributed by atoms with van der Waals surface area (Å²) in [5.74, 6) is 0.562. The summed E-state index contributed by atoms with van der Waals surface area (Å²) in [6, 6.07) is 1.58. The van der Waals surface area contributed by atoms with Gasteiger partial charge < -0.3 is 10.1 Å². The predicted octanol–water partition coefficient (Wildman–Crippen LogP) is 1.28. The smallest absolute Gasteiger partial charge is 0.320 e. The van der Waals surface area contributed by atoms with E-state index in [2.05, 4.69) is 15.7 Å². The zero-order valence-electron chi connectivity index (χ0n) is 10.6. The molecule has 1 aromatic heterocycles. The highest BCUT2D eigenvalue weighted by Crippen LogP contribution is 2.05. The molecule has 0 aliphatic heterocycles. The third-order valence-corrected chi connectivity index (χ3v) is 2.31. The molecule has 0 radical (unpaired) electrons. The summed E-state index contributed by atoms with van der Waals surface area (Å²) in [5, 5.41) is 9.54. The molecule has 0 saturated carbocycles. The van der Waals surface area contributed by atoms with Crippen LogP contribution in [0.5, 0.6) is 0 Å². The number of rotatable bonds is 6. The van der Waals surface area contributed by atoms with Crippen molar-refractivity contribution in [3.8, 4) is 0 Å². The molecule has 0 bridgehead atoms. The van der Waals surface area contributed by atoms with Gasteiger partial charge in [-0.2, -0.15) is 5.10 Å². The average Bonchev–Trinajstić information content (AvgIpc) is 2.57. The molecule has 1 aromatic rings. The summed E-state index contributed by atoms with van der Waals surface area (Å²) in [7, 11) is 1.83. The van der Waals surface area contributed by atoms with Crippen LogP contribution in [0.25, 0.3) is 0 Å². The van der Waals surface area contributed by atoms with Gasteiger partial charge in [0.05, 0.1) is 0 Å². The van der Waals surface area contributed by atoms with Crippen LogP contribution in [-0.2, 0) is 11.8 Å². The van der Waals surface area contributed by atoms with Crippen LogP contribution in [0, 0.1) is 6.92 Å². The van der Waals surface area contributed by atoms with Crippen molar-refractivity contribution in [3.05, 3.63) is 11.8 Å². The monoisotopic (exact) mass is 240 g/mol. The first-order valence-electron chi connectivity index (χ1n) is 5.76. The molecule has 0 aromatic carbocycles. The summed E-state index contributed by atoms with van der Waals surface area (Å²) in [5.41, 5.74) is 0.997. The van der Waals surface area contributed by atoms with Gasteiger partial charge in [-0.25, -0.2) is 4.79 Å². The third kappa shape index (κ3) is 4.86. The molecule has 2 amide bonds. The summed E-state index contributed by atoms with van der Waals surface area (Å²) in [4.78, 5) is 11.5. The Kier molecular flexibility index (Phi) is 5.48. The van der Waals surface area contributed by atoms with Gasteiger partial charge in [-0.15, -0.1) is 0 Å². The number of aryl methyl sites for hydroxylation is 2. The van der Waals surface area contributed by atoms with E-state index >= 15 is 0 Å². The van der Waals surface area contributed by atoms with E-state index in [0.29, 0.717) is 25.6 Å². The summed E-state index contributed by atoms with van der Waals surface area (Å²) in [6.07, 6.45) is 0.808. The van der Waals surface area contributed by atoms with Crippen LogP contribution < -0.4 is 10.6 Å². The topological polar surface area (TPSA) is 68.2 Å². The summed E-state index contributed by atoms with van der Waals surface area (Å²) >= 11 is 0. The van der Waals surface area contributed by atoms with Crippen molar-refractivity contribution >= 4 is 11.8 Å². The lowest BCUT2D eigenvalue weighted by Gasteiger charge is -2.05. The van der Waals surface area contributed by atoms with Crippen LogP contribution in [0.3, 0.4) is 0 Å². The Morgan fingerprint density at radius 2 is 2.35 bits per heavy atom. The number of nitrogens with one attached hydrogen (secondary N) is 2. The fourth-order valence-electron chi connectivity index (χ4n) is 1.30. The largest absolute Gasteiger partial charge is 0.382 e. The maximum Gasteiger partial charge on any atom is 0.320 e. The van der Waals surface area contributed by atoms with Gasteiger partial charge in [0.1, 0.15) is 0 Å². The molecule has 17 heavy (non-hydrogen) atoms. The zero-order valence-corrected chi connectivity index (χ0v) is 10.6. The van der Waals surface area contributed by atoms with E-state index in [4.69, 9.17) is 4.74 Å². The Morgan fingerprint density at radius 3 is 2.94 bits per heavy atom. The van der Waals surface area contributed by atoms with E-state index < -0.39 is 0 Å². The number of carbonyl (C=O) groups is 1. The highest BCUT2D eigenvalue weighted by molar-refractivity contribution is 5.88. The predicted molar refractivity (Wildman–Crippen MR) is 66.1 cm³/mol. The SMILES string of the molecule is CCOCCCNC(=O)Nc1cc(C)n(C)n1. The minimum absolute atomic E-state index is 0.236. The maximum atomic E-state index is 11.5. The molecule has 96 valence electrons. The van der Waals surface area contributed by atoms with Gasteiger partial charge >= 0.3 is 6.03 Å². The van der Waals surface area contributed by atoms with E-state index in [1.807, 2.05) is 27.0 Å². The molecule has 0 aliphatic carbocycles. The molecular weight excluding hydrogens is 220 g/mol. The molecule has 0 atom stereocenters. The Hall–Kier alpha value is -1.56. The van der Waals surface area contributed by atoms with E-state index in [-0.39, 0.29) is 6.03 Å². The van der Waals surface area contributed by atoms with Crippen LogP contribution in [-0.4, -0.2) is 35.6 Å². The van der Waals surface area contributed by atoms with Crippen LogP contribution in [0.4, 0.5) is 10.6 Å². The number of anilines is 1. The minimum Gasteiger partial charge on any atom is -0.382 e. The lowest BCUT2D eigenvalue weighted by atomic mass is 10.4. The van der Waals surface area contributed by atoms with Gasteiger partial charge in [0.25, 0.3) is 0 Å². The van der Waals surface area contributed by atoms with E-state index in [9.17, 15) is 4.79 Å². The van der Waals surface area contributed by atoms with Gasteiger partial charge in [0, 0.05) is 38.6 Å². The number of ether oxygens (including phenoxy) is 1. The second-order valence-electron chi connectivity index (χ2n) is 3.73. The molecule has 6 heteroatoms. The quantitative estimate of drug-likeness (QED) is 0.736. The van der Waals surface area contributed by atoms with E-state index in [1.54, 1.807) is 4.68 Å². The van der Waals surface area contributed by atoms with Crippen LogP contribution in [0.2, 0.25) is 0 Å². The van der Waals surface area contributed by atoms with E-state index in [1.165, 1.54) is 0 Å². The number of urea groups is 1. The third-order valence-electron chi connectivity index (χ3n) is 2.31. The van der Waals surface area contributed by atoms with Crippen molar-refractivity contribution in [1.82, 2.24) is 15.1 Å². The molecule has 6 nitrogen and oxygen atoms in total. The molecule has 1 heterocycles. The second-order valence-corrected chi connectivity index (χ2v) is 3.73. The average molecular weight is 240 g/mol. The van der Waals surface area contributed by atoms with Gasteiger partial charge in [0.2, 0.25) is 0 Å². The molecule has 0 fully saturated rings. The number of aromatic nitrogens is 2. The number of nitrogens with zero attached hydrogens (tertiary/aromatic N) is 2. The number of hydrogen-bond acceptors (Lipinski definition) is 3. The van der Waals surface area contributed by atoms with Gasteiger partial charge in [0.15, 0.2) is 5.82 Å². The summed E-state index contributed by atoms with van der Waals surface area (Å²) < 4.78 is 6.88. The normalized spacial score (nSPS) is 10.3. The fraction of sp³-hybridized carbons (Fsp3) is 0.636. The van der Waals surface area contributed by atoms with Gasteiger partial charge in [-0.05, 0) is 20.3 Å². The molecule has 0 spiro atoms. The molecule has 0 unspecified atom stereocenters. The maximum absolute atomic E-state index is 11.5. The number of carbonyl (C=O) groups excluding carboxylic acids is 1. The fourth-order valence-corrected chi connectivity index (χ4v) is 1.30. The molecule has 1 rings (SSSR count). The minimum atomic E-state index is -0.236. The van der Waals surface area contributed by atoms with Crippen molar-refractivity contribution in [2.75, 3.05) is 25.1 Å². The standard InChI is InChI=1S/C11H20N4O2/c1-4-17-7-5-6-12-11(16)13-10-8-9(2)15(3)14-10/h8H,4-7H2,1-3H3,(H2,12,13,14,16). The Bertz CT molecular complexity index is 343. The Labute approximate surface area is 101 Å². The second kappa shape index (κ2) is 6.90. The molecule has 2 N–H and O–H groups in total. The first-order valence-corrected chi connectivity index (χ1v) is 5.76. The zero-order chi connectivity index (χ0) is 12.7. The van der Waals surface area contributed by atoms with Gasteiger partial charge in [-0.3, -0.25) is 10.00 Å². The van der Waals surface area contributed by atoms with Crippen molar-refractivity contribution in [2.45, 2.75) is 20.3 Å². The Balaban J connectivity index is 2.21. The van der Waals surface area contributed by atoms with Crippen molar-refractivity contribution < 1.29 is 9.53 Å². The highest BCUT2D eigenvalue weighted by Gasteiger charge is 2.04. The lowest BCUT2D eigenvalue weighted by molar-refractivity contribution is 0.145. The van der Waals surface area contributed by atoms with Crippen molar-refractivity contribution in [3.63, 3.8) is 0 Å². The van der Waals surface area contributed by atoms with Crippen LogP contribution in [0.15, 0.2) is 6.07 Å². The molecule has 0 saturated heterocycles. The van der Waals surface area contributed by atoms with E-state index in [0.717, 1.165) is 12.1 Å². The summed E-state index contributed by atoms with van der Waals surface area (Å²) in [6.45, 7) is 5.85. The first kappa shape index (κ1) is 13.5. The number of hydrogen-bond donors (Lipinski definition) is 2.